The monoisotopic (exact) mass is 408 g/mol. The topological polar surface area (TPSA) is 84.5 Å². The first-order valence-electron chi connectivity index (χ1n) is 8.99. The van der Waals surface area contributed by atoms with Crippen LogP contribution in [0.5, 0.6) is 0 Å². The van der Waals surface area contributed by atoms with Crippen LogP contribution in [0.15, 0.2) is 47.4 Å². The van der Waals surface area contributed by atoms with Crippen molar-refractivity contribution in [3.8, 4) is 0 Å². The number of hydrogen-bond donors (Lipinski definition) is 2. The molecule has 0 saturated heterocycles. The van der Waals surface area contributed by atoms with Gasteiger partial charge in [0.1, 0.15) is 5.82 Å². The molecule has 2 aromatic carbocycles. The molecular weight excluding hydrogens is 383 g/mol. The van der Waals surface area contributed by atoms with Gasteiger partial charge in [-0.15, -0.1) is 0 Å². The van der Waals surface area contributed by atoms with Crippen LogP contribution in [-0.4, -0.2) is 27.0 Å². The molecule has 0 atom stereocenters. The summed E-state index contributed by atoms with van der Waals surface area (Å²) >= 11 is 0. The minimum Gasteiger partial charge on any atom is -0.377 e. The van der Waals surface area contributed by atoms with Crippen LogP contribution in [0.2, 0.25) is 0 Å². The third-order valence-electron chi connectivity index (χ3n) is 3.90. The lowest BCUT2D eigenvalue weighted by atomic mass is 10.1. The van der Waals surface area contributed by atoms with Gasteiger partial charge < -0.3 is 10.1 Å². The van der Waals surface area contributed by atoms with Gasteiger partial charge in [0.25, 0.3) is 5.91 Å². The van der Waals surface area contributed by atoms with Crippen molar-refractivity contribution in [1.82, 2.24) is 10.0 Å². The lowest BCUT2D eigenvalue weighted by Gasteiger charge is -2.13. The van der Waals surface area contributed by atoms with Crippen molar-refractivity contribution in [2.45, 2.75) is 44.9 Å². The first-order valence-corrected chi connectivity index (χ1v) is 10.5. The van der Waals surface area contributed by atoms with Crippen molar-refractivity contribution in [2.24, 2.45) is 0 Å². The minimum atomic E-state index is -3.83. The summed E-state index contributed by atoms with van der Waals surface area (Å²) in [6, 6.07) is 10.3. The Kier molecular flexibility index (Phi) is 7.68. The second-order valence-electron chi connectivity index (χ2n) is 6.51. The van der Waals surface area contributed by atoms with Crippen LogP contribution in [-0.2, 0) is 27.9 Å². The summed E-state index contributed by atoms with van der Waals surface area (Å²) in [5, 5.41) is 2.64. The Balaban J connectivity index is 2.18. The molecule has 0 aliphatic heterocycles. The maximum Gasteiger partial charge on any atom is 0.254 e. The van der Waals surface area contributed by atoms with Crippen LogP contribution in [0.1, 0.15) is 42.3 Å². The molecular formula is C20H25FN2O4S. The second-order valence-corrected chi connectivity index (χ2v) is 8.22. The molecule has 0 radical (unpaired) electrons. The summed E-state index contributed by atoms with van der Waals surface area (Å²) in [6.45, 7) is 6.39. The molecule has 1 amide bonds. The quantitative estimate of drug-likeness (QED) is 0.668. The van der Waals surface area contributed by atoms with E-state index < -0.39 is 21.7 Å². The highest BCUT2D eigenvalue weighted by atomic mass is 32.2. The van der Waals surface area contributed by atoms with E-state index in [0.717, 1.165) is 29.3 Å². The summed E-state index contributed by atoms with van der Waals surface area (Å²) in [5.41, 5.74) is 1.44. The Hall–Kier alpha value is -2.29. The van der Waals surface area contributed by atoms with E-state index in [1.54, 1.807) is 13.8 Å². The molecule has 2 N–H and O–H groups in total. The molecule has 0 bridgehead atoms. The zero-order valence-corrected chi connectivity index (χ0v) is 17.0. The van der Waals surface area contributed by atoms with E-state index >= 15 is 0 Å². The normalized spacial score (nSPS) is 11.6. The molecule has 6 nitrogen and oxygen atoms in total. The van der Waals surface area contributed by atoms with Crippen LogP contribution in [0.4, 0.5) is 4.39 Å². The first kappa shape index (κ1) is 22.0. The SMILES string of the molecule is CCOCc1ccccc1CNC(=O)c1cc(S(=O)(=O)NC(C)C)ccc1F. The summed E-state index contributed by atoms with van der Waals surface area (Å²) in [4.78, 5) is 12.3. The Bertz CT molecular complexity index is 930. The Morgan fingerprint density at radius 1 is 1.14 bits per heavy atom. The highest BCUT2D eigenvalue weighted by molar-refractivity contribution is 7.89. The van der Waals surface area contributed by atoms with Crippen molar-refractivity contribution in [2.75, 3.05) is 6.61 Å². The summed E-state index contributed by atoms with van der Waals surface area (Å²) in [6.07, 6.45) is 0. The molecule has 0 saturated carbocycles. The standard InChI is InChI=1S/C20H25FN2O4S/c1-4-27-13-16-8-6-5-7-15(16)12-22-20(24)18-11-17(9-10-19(18)21)28(25,26)23-14(2)3/h5-11,14,23H,4,12-13H2,1-3H3,(H,22,24). The number of sulfonamides is 1. The van der Waals surface area contributed by atoms with E-state index in [0.29, 0.717) is 13.2 Å². The number of rotatable bonds is 9. The molecule has 2 rings (SSSR count). The summed E-state index contributed by atoms with van der Waals surface area (Å²) in [5.74, 6) is -1.48. The molecule has 0 aliphatic rings. The molecule has 152 valence electrons. The largest absolute Gasteiger partial charge is 0.377 e. The van der Waals surface area contributed by atoms with Crippen molar-refractivity contribution in [1.29, 1.82) is 0 Å². The molecule has 28 heavy (non-hydrogen) atoms. The fourth-order valence-electron chi connectivity index (χ4n) is 2.58. The maximum absolute atomic E-state index is 14.1. The van der Waals surface area contributed by atoms with Crippen molar-refractivity contribution < 1.29 is 22.3 Å². The van der Waals surface area contributed by atoms with E-state index in [-0.39, 0.29) is 23.0 Å². The third-order valence-corrected chi connectivity index (χ3v) is 5.56. The number of carbonyl (C=O) groups excluding carboxylic acids is 1. The molecule has 0 spiro atoms. The van der Waals surface area contributed by atoms with E-state index in [1.165, 1.54) is 0 Å². The van der Waals surface area contributed by atoms with Crippen LogP contribution >= 0.6 is 0 Å². The van der Waals surface area contributed by atoms with Gasteiger partial charge in [-0.25, -0.2) is 17.5 Å². The number of hydrogen-bond acceptors (Lipinski definition) is 4. The minimum absolute atomic E-state index is 0.163. The number of amides is 1. The van der Waals surface area contributed by atoms with Gasteiger partial charge in [-0.3, -0.25) is 4.79 Å². The Labute approximate surface area is 165 Å². The number of carbonyl (C=O) groups is 1. The molecule has 0 aliphatic carbocycles. The highest BCUT2D eigenvalue weighted by Gasteiger charge is 2.20. The van der Waals surface area contributed by atoms with E-state index in [9.17, 15) is 17.6 Å². The number of ether oxygens (including phenoxy) is 1. The van der Waals surface area contributed by atoms with E-state index in [1.807, 2.05) is 31.2 Å². The summed E-state index contributed by atoms with van der Waals surface area (Å²) in [7, 11) is -3.83. The van der Waals surface area contributed by atoms with E-state index in [2.05, 4.69) is 10.0 Å². The van der Waals surface area contributed by atoms with Crippen molar-refractivity contribution >= 4 is 15.9 Å². The van der Waals surface area contributed by atoms with Crippen molar-refractivity contribution in [3.63, 3.8) is 0 Å². The van der Waals surface area contributed by atoms with Gasteiger partial charge in [-0.2, -0.15) is 0 Å². The molecule has 2 aromatic rings. The molecule has 0 unspecified atom stereocenters. The molecule has 0 fully saturated rings. The van der Waals surface area contributed by atoms with Crippen LogP contribution in [0, 0.1) is 5.82 Å². The smallest absolute Gasteiger partial charge is 0.254 e. The highest BCUT2D eigenvalue weighted by Crippen LogP contribution is 2.16. The molecule has 0 heterocycles. The number of benzene rings is 2. The van der Waals surface area contributed by atoms with Crippen LogP contribution < -0.4 is 10.0 Å². The maximum atomic E-state index is 14.1. The lowest BCUT2D eigenvalue weighted by molar-refractivity contribution is 0.0945. The zero-order chi connectivity index (χ0) is 20.7. The average Bonchev–Trinajstić information content (AvgIpc) is 2.64. The predicted octanol–water partition coefficient (Wildman–Crippen LogP) is 2.98. The second kappa shape index (κ2) is 9.77. The molecule has 8 heteroatoms. The first-order chi connectivity index (χ1) is 13.2. The average molecular weight is 408 g/mol. The Morgan fingerprint density at radius 2 is 1.82 bits per heavy atom. The van der Waals surface area contributed by atoms with Gasteiger partial charge >= 0.3 is 0 Å². The van der Waals surface area contributed by atoms with Gasteiger partial charge in [-0.05, 0) is 50.1 Å². The van der Waals surface area contributed by atoms with Gasteiger partial charge in [0.2, 0.25) is 10.0 Å². The number of nitrogens with one attached hydrogen (secondary N) is 2. The molecule has 0 aromatic heterocycles. The Morgan fingerprint density at radius 3 is 2.46 bits per heavy atom. The van der Waals surface area contributed by atoms with Gasteiger partial charge in [0.15, 0.2) is 0 Å². The van der Waals surface area contributed by atoms with Crippen molar-refractivity contribution in [3.05, 3.63) is 65.0 Å². The van der Waals surface area contributed by atoms with Gasteiger partial charge in [0, 0.05) is 19.2 Å². The lowest BCUT2D eigenvalue weighted by Crippen LogP contribution is -2.31. The zero-order valence-electron chi connectivity index (χ0n) is 16.2. The van der Waals surface area contributed by atoms with Gasteiger partial charge in [0.05, 0.1) is 17.1 Å². The fraction of sp³-hybridized carbons (Fsp3) is 0.350. The van der Waals surface area contributed by atoms with Gasteiger partial charge in [-0.1, -0.05) is 24.3 Å². The number of halogens is 1. The van der Waals surface area contributed by atoms with Crippen LogP contribution in [0.25, 0.3) is 0 Å². The third kappa shape index (κ3) is 5.85. The fourth-order valence-corrected chi connectivity index (χ4v) is 3.85. The van der Waals surface area contributed by atoms with Crippen LogP contribution in [0.3, 0.4) is 0 Å². The predicted molar refractivity (Wildman–Crippen MR) is 105 cm³/mol. The van der Waals surface area contributed by atoms with E-state index in [4.69, 9.17) is 4.74 Å². The summed E-state index contributed by atoms with van der Waals surface area (Å²) < 4.78 is 46.5.